The van der Waals surface area contributed by atoms with Crippen molar-refractivity contribution < 1.29 is 18.0 Å². The summed E-state index contributed by atoms with van der Waals surface area (Å²) in [7, 11) is -4.25. The molecule has 0 aromatic heterocycles. The molecule has 0 aliphatic carbocycles. The lowest BCUT2D eigenvalue weighted by Gasteiger charge is -2.34. The molecule has 0 fully saturated rings. The normalized spacial score (nSPS) is 11.9. The minimum absolute atomic E-state index is 0.00900. The van der Waals surface area contributed by atoms with Gasteiger partial charge in [-0.1, -0.05) is 108 Å². The quantitative estimate of drug-likeness (QED) is 0.166. The van der Waals surface area contributed by atoms with E-state index < -0.39 is 28.5 Å². The lowest BCUT2D eigenvalue weighted by atomic mass is 10.0. The molecule has 0 spiro atoms. The number of carbonyl (C=O) groups excluding carboxylic acids is 2. The van der Waals surface area contributed by atoms with E-state index in [2.05, 4.69) is 5.32 Å². The first-order chi connectivity index (χ1) is 21.1. The summed E-state index contributed by atoms with van der Waals surface area (Å²) in [5.74, 6) is -0.970. The summed E-state index contributed by atoms with van der Waals surface area (Å²) in [5.41, 5.74) is 1.58. The first-order valence-corrected chi connectivity index (χ1v) is 16.6. The number of anilines is 1. The Hall–Kier alpha value is -3.56. The zero-order chi connectivity index (χ0) is 31.7. The average Bonchev–Trinajstić information content (AvgIpc) is 3.03. The number of nitrogens with zero attached hydrogens (tertiary/aromatic N) is 2. The van der Waals surface area contributed by atoms with E-state index >= 15 is 0 Å². The maximum absolute atomic E-state index is 14.4. The Labute approximate surface area is 273 Å². The highest BCUT2D eigenvalue weighted by Crippen LogP contribution is 2.31. The van der Waals surface area contributed by atoms with Crippen molar-refractivity contribution in [1.82, 2.24) is 10.2 Å². The maximum atomic E-state index is 14.4. The minimum atomic E-state index is -4.25. The number of carbonyl (C=O) groups is 2. The van der Waals surface area contributed by atoms with Crippen LogP contribution in [-0.2, 0) is 32.6 Å². The molecule has 0 bridgehead atoms. The van der Waals surface area contributed by atoms with Gasteiger partial charge in [-0.3, -0.25) is 13.9 Å². The summed E-state index contributed by atoms with van der Waals surface area (Å²) in [5, 5.41) is 3.69. The molecule has 0 unspecified atom stereocenters. The van der Waals surface area contributed by atoms with Crippen molar-refractivity contribution >= 4 is 62.3 Å². The van der Waals surface area contributed by atoms with Gasteiger partial charge < -0.3 is 10.2 Å². The van der Waals surface area contributed by atoms with Crippen LogP contribution in [0.4, 0.5) is 5.69 Å². The molecule has 0 heterocycles. The third kappa shape index (κ3) is 8.33. The topological polar surface area (TPSA) is 86.8 Å². The Morgan fingerprint density at radius 2 is 1.41 bits per heavy atom. The van der Waals surface area contributed by atoms with Crippen LogP contribution in [0, 0.1) is 0 Å². The number of nitrogens with one attached hydrogen (secondary N) is 1. The standard InChI is InChI=1S/C33H32Cl3N3O4S/c1-2-19-37-33(41)31(21-24-11-5-3-6-12-24)38(22-25-17-18-27(34)29(36)20-25)32(40)23-39(30-16-10-9-15-28(30)35)44(42,43)26-13-7-4-8-14-26/h3-18,20,31H,2,19,21-23H2,1H3,(H,37,41)/t31-/m0/s1. The molecule has 0 aliphatic rings. The monoisotopic (exact) mass is 671 g/mol. The molecule has 0 saturated heterocycles. The number of hydrogen-bond donors (Lipinski definition) is 1. The van der Waals surface area contributed by atoms with Crippen LogP contribution in [0.1, 0.15) is 24.5 Å². The van der Waals surface area contributed by atoms with Gasteiger partial charge in [0.15, 0.2) is 0 Å². The first-order valence-electron chi connectivity index (χ1n) is 14.0. The second-order valence-corrected chi connectivity index (χ2v) is 13.1. The highest BCUT2D eigenvalue weighted by Gasteiger charge is 2.35. The highest BCUT2D eigenvalue weighted by atomic mass is 35.5. The zero-order valence-corrected chi connectivity index (χ0v) is 27.1. The number of halogens is 3. The molecule has 0 saturated carbocycles. The first kappa shape index (κ1) is 33.3. The predicted molar refractivity (Wildman–Crippen MR) is 177 cm³/mol. The van der Waals surface area contributed by atoms with Crippen LogP contribution in [0.5, 0.6) is 0 Å². The Balaban J connectivity index is 1.81. The van der Waals surface area contributed by atoms with Crippen molar-refractivity contribution in [3.05, 3.63) is 129 Å². The van der Waals surface area contributed by atoms with Gasteiger partial charge in [-0.15, -0.1) is 0 Å². The molecule has 44 heavy (non-hydrogen) atoms. The second kappa shape index (κ2) is 15.4. The summed E-state index contributed by atoms with van der Waals surface area (Å²) in [6, 6.07) is 27.5. The van der Waals surface area contributed by atoms with E-state index in [1.807, 2.05) is 37.3 Å². The molecule has 4 rings (SSSR count). The summed E-state index contributed by atoms with van der Waals surface area (Å²) < 4.78 is 29.0. The van der Waals surface area contributed by atoms with E-state index in [4.69, 9.17) is 34.8 Å². The summed E-state index contributed by atoms with van der Waals surface area (Å²) in [6.45, 7) is 1.69. The van der Waals surface area contributed by atoms with Crippen molar-refractivity contribution in [3.63, 3.8) is 0 Å². The largest absolute Gasteiger partial charge is 0.354 e. The second-order valence-electron chi connectivity index (χ2n) is 10.0. The fraction of sp³-hybridized carbons (Fsp3) is 0.212. The molecule has 4 aromatic rings. The zero-order valence-electron chi connectivity index (χ0n) is 24.0. The summed E-state index contributed by atoms with van der Waals surface area (Å²) in [4.78, 5) is 29.5. The summed E-state index contributed by atoms with van der Waals surface area (Å²) in [6.07, 6.45) is 0.890. The highest BCUT2D eigenvalue weighted by molar-refractivity contribution is 7.92. The van der Waals surface area contributed by atoms with Gasteiger partial charge in [0.2, 0.25) is 11.8 Å². The van der Waals surface area contributed by atoms with E-state index in [0.717, 1.165) is 9.87 Å². The van der Waals surface area contributed by atoms with Gasteiger partial charge in [0.05, 0.1) is 25.7 Å². The van der Waals surface area contributed by atoms with Gasteiger partial charge in [-0.05, 0) is 53.9 Å². The van der Waals surface area contributed by atoms with Crippen molar-refractivity contribution in [3.8, 4) is 0 Å². The smallest absolute Gasteiger partial charge is 0.264 e. The van der Waals surface area contributed by atoms with E-state index in [-0.39, 0.29) is 39.5 Å². The number of hydrogen-bond acceptors (Lipinski definition) is 4. The van der Waals surface area contributed by atoms with Gasteiger partial charge in [0.25, 0.3) is 10.0 Å². The van der Waals surface area contributed by atoms with Crippen LogP contribution in [0.15, 0.2) is 108 Å². The van der Waals surface area contributed by atoms with Crippen LogP contribution in [0.2, 0.25) is 15.1 Å². The lowest BCUT2D eigenvalue weighted by Crippen LogP contribution is -2.53. The molecule has 0 aliphatic heterocycles. The summed E-state index contributed by atoms with van der Waals surface area (Å²) >= 11 is 19.0. The molecule has 7 nitrogen and oxygen atoms in total. The fourth-order valence-corrected chi connectivity index (χ4v) is 6.70. The number of sulfonamides is 1. The molecular weight excluding hydrogens is 641 g/mol. The number of amides is 2. The minimum Gasteiger partial charge on any atom is -0.354 e. The van der Waals surface area contributed by atoms with Gasteiger partial charge >= 0.3 is 0 Å². The van der Waals surface area contributed by atoms with E-state index in [9.17, 15) is 18.0 Å². The van der Waals surface area contributed by atoms with E-state index in [1.165, 1.54) is 23.1 Å². The van der Waals surface area contributed by atoms with Crippen molar-refractivity contribution in [2.75, 3.05) is 17.4 Å². The number of para-hydroxylation sites is 1. The number of rotatable bonds is 13. The Bertz CT molecular complexity index is 1690. The maximum Gasteiger partial charge on any atom is 0.264 e. The van der Waals surface area contributed by atoms with Crippen molar-refractivity contribution in [2.45, 2.75) is 37.2 Å². The Morgan fingerprint density at radius 1 is 0.773 bits per heavy atom. The van der Waals surface area contributed by atoms with Gasteiger partial charge in [-0.25, -0.2) is 8.42 Å². The van der Waals surface area contributed by atoms with E-state index in [1.54, 1.807) is 54.6 Å². The van der Waals surface area contributed by atoms with Gasteiger partial charge in [-0.2, -0.15) is 0 Å². The van der Waals surface area contributed by atoms with Crippen LogP contribution in [0.25, 0.3) is 0 Å². The fourth-order valence-electron chi connectivity index (χ4n) is 4.64. The molecule has 1 atom stereocenters. The molecule has 230 valence electrons. The molecular formula is C33H32Cl3N3O4S. The van der Waals surface area contributed by atoms with E-state index in [0.29, 0.717) is 23.6 Å². The predicted octanol–water partition coefficient (Wildman–Crippen LogP) is 7.01. The Kier molecular flexibility index (Phi) is 11.7. The van der Waals surface area contributed by atoms with Crippen LogP contribution in [-0.4, -0.2) is 44.3 Å². The Morgan fingerprint density at radius 3 is 2.05 bits per heavy atom. The van der Waals surface area contributed by atoms with Crippen LogP contribution < -0.4 is 9.62 Å². The SMILES string of the molecule is CCCNC(=O)[C@H](Cc1ccccc1)N(Cc1ccc(Cl)c(Cl)c1)C(=O)CN(c1ccccc1Cl)S(=O)(=O)c1ccccc1. The number of benzene rings is 4. The molecule has 0 radical (unpaired) electrons. The van der Waals surface area contributed by atoms with Gasteiger partial charge in [0, 0.05) is 19.5 Å². The molecule has 11 heteroatoms. The molecule has 4 aromatic carbocycles. The van der Waals surface area contributed by atoms with Crippen molar-refractivity contribution in [2.24, 2.45) is 0 Å². The lowest BCUT2D eigenvalue weighted by molar-refractivity contribution is -0.140. The molecule has 1 N–H and O–H groups in total. The van der Waals surface area contributed by atoms with Gasteiger partial charge in [0.1, 0.15) is 12.6 Å². The average molecular weight is 673 g/mol. The van der Waals surface area contributed by atoms with Crippen molar-refractivity contribution in [1.29, 1.82) is 0 Å². The van der Waals surface area contributed by atoms with Crippen LogP contribution in [0.3, 0.4) is 0 Å². The molecule has 2 amide bonds. The van der Waals surface area contributed by atoms with Crippen LogP contribution >= 0.6 is 34.8 Å². The third-order valence-corrected chi connectivity index (χ3v) is 9.72. The third-order valence-electron chi connectivity index (χ3n) is 6.89.